The topological polar surface area (TPSA) is 67.2 Å². The zero-order chi connectivity index (χ0) is 18.9. The number of hydrogen-bond acceptors (Lipinski definition) is 6. The SMILES string of the molecule is O=C(c1cc2ccccc2s1)N1CCN(c2cc(-n3cccn3)ncn2)CC1. The standard InChI is InChI=1S/C20H18N6OS/c27-20(17-12-15-4-1-2-5-16(15)28-17)25-10-8-24(9-11-25)18-13-19(22-14-21-18)26-7-3-6-23-26/h1-7,12-14H,8-11H2. The molecule has 1 aromatic carbocycles. The van der Waals surface area contributed by atoms with Gasteiger partial charge in [0.25, 0.3) is 5.91 Å². The lowest BCUT2D eigenvalue weighted by Gasteiger charge is -2.35. The summed E-state index contributed by atoms with van der Waals surface area (Å²) in [6.45, 7) is 2.83. The van der Waals surface area contributed by atoms with E-state index in [0.717, 1.165) is 39.7 Å². The summed E-state index contributed by atoms with van der Waals surface area (Å²) in [5, 5.41) is 5.34. The molecule has 4 heterocycles. The van der Waals surface area contributed by atoms with Crippen molar-refractivity contribution in [3.05, 3.63) is 66.1 Å². The number of carbonyl (C=O) groups is 1. The molecular formula is C20H18N6OS. The van der Waals surface area contributed by atoms with E-state index in [2.05, 4.69) is 26.0 Å². The number of fused-ring (bicyclic) bond motifs is 1. The maximum Gasteiger partial charge on any atom is 0.264 e. The van der Waals surface area contributed by atoms with Crippen molar-refractivity contribution in [2.75, 3.05) is 31.1 Å². The normalized spacial score (nSPS) is 14.6. The number of anilines is 1. The first-order valence-corrected chi connectivity index (χ1v) is 9.94. The molecule has 1 fully saturated rings. The van der Waals surface area contributed by atoms with Crippen LogP contribution >= 0.6 is 11.3 Å². The molecule has 1 amide bonds. The van der Waals surface area contributed by atoms with Crippen molar-refractivity contribution in [1.82, 2.24) is 24.6 Å². The number of aromatic nitrogens is 4. The fourth-order valence-corrected chi connectivity index (χ4v) is 4.45. The summed E-state index contributed by atoms with van der Waals surface area (Å²) in [6, 6.07) is 13.9. The molecule has 1 aliphatic heterocycles. The van der Waals surface area contributed by atoms with Crippen molar-refractivity contribution < 1.29 is 4.79 Å². The van der Waals surface area contributed by atoms with E-state index in [0.29, 0.717) is 13.1 Å². The van der Waals surface area contributed by atoms with E-state index >= 15 is 0 Å². The molecule has 0 atom stereocenters. The lowest BCUT2D eigenvalue weighted by Crippen LogP contribution is -2.48. The highest BCUT2D eigenvalue weighted by Crippen LogP contribution is 2.27. The molecule has 0 unspecified atom stereocenters. The molecule has 8 heteroatoms. The maximum absolute atomic E-state index is 12.9. The zero-order valence-corrected chi connectivity index (χ0v) is 15.9. The fraction of sp³-hybridized carbons (Fsp3) is 0.200. The average molecular weight is 390 g/mol. The highest BCUT2D eigenvalue weighted by atomic mass is 32.1. The lowest BCUT2D eigenvalue weighted by molar-refractivity contribution is 0.0751. The zero-order valence-electron chi connectivity index (χ0n) is 15.1. The predicted molar refractivity (Wildman–Crippen MR) is 109 cm³/mol. The van der Waals surface area contributed by atoms with Crippen LogP contribution in [0.25, 0.3) is 15.9 Å². The summed E-state index contributed by atoms with van der Waals surface area (Å²) < 4.78 is 2.86. The van der Waals surface area contributed by atoms with E-state index in [-0.39, 0.29) is 5.91 Å². The Morgan fingerprint density at radius 1 is 0.964 bits per heavy atom. The van der Waals surface area contributed by atoms with E-state index in [1.54, 1.807) is 28.5 Å². The third-order valence-corrected chi connectivity index (χ3v) is 6.01. The second-order valence-electron chi connectivity index (χ2n) is 6.61. The van der Waals surface area contributed by atoms with Gasteiger partial charge in [-0.25, -0.2) is 14.6 Å². The summed E-state index contributed by atoms with van der Waals surface area (Å²) in [5.74, 6) is 1.70. The second-order valence-corrected chi connectivity index (χ2v) is 7.70. The molecule has 1 aliphatic rings. The number of piperazine rings is 1. The lowest BCUT2D eigenvalue weighted by atomic mass is 10.2. The molecule has 0 saturated carbocycles. The van der Waals surface area contributed by atoms with Crippen molar-refractivity contribution in [2.24, 2.45) is 0 Å². The van der Waals surface area contributed by atoms with Crippen molar-refractivity contribution in [3.8, 4) is 5.82 Å². The highest BCUT2D eigenvalue weighted by molar-refractivity contribution is 7.20. The van der Waals surface area contributed by atoms with Gasteiger partial charge in [0.2, 0.25) is 0 Å². The maximum atomic E-state index is 12.9. The quantitative estimate of drug-likeness (QED) is 0.538. The number of thiophene rings is 1. The van der Waals surface area contributed by atoms with Gasteiger partial charge in [0.15, 0.2) is 5.82 Å². The van der Waals surface area contributed by atoms with Crippen molar-refractivity contribution in [1.29, 1.82) is 0 Å². The molecule has 5 rings (SSSR count). The minimum Gasteiger partial charge on any atom is -0.353 e. The smallest absolute Gasteiger partial charge is 0.264 e. The third-order valence-electron chi connectivity index (χ3n) is 4.90. The molecule has 0 radical (unpaired) electrons. The molecule has 3 aromatic heterocycles. The van der Waals surface area contributed by atoms with Crippen LogP contribution in [0.1, 0.15) is 9.67 Å². The summed E-state index contributed by atoms with van der Waals surface area (Å²) in [4.78, 5) is 26.5. The number of nitrogens with zero attached hydrogens (tertiary/aromatic N) is 6. The van der Waals surface area contributed by atoms with Crippen molar-refractivity contribution in [2.45, 2.75) is 0 Å². The first-order valence-electron chi connectivity index (χ1n) is 9.13. The predicted octanol–water partition coefficient (Wildman–Crippen LogP) is 2.84. The molecule has 140 valence electrons. The van der Waals surface area contributed by atoms with E-state index in [9.17, 15) is 4.79 Å². The number of benzene rings is 1. The number of amides is 1. The Morgan fingerprint density at radius 3 is 2.57 bits per heavy atom. The second kappa shape index (κ2) is 7.05. The Bertz CT molecular complexity index is 1080. The summed E-state index contributed by atoms with van der Waals surface area (Å²) >= 11 is 1.56. The van der Waals surface area contributed by atoms with Crippen molar-refractivity contribution >= 4 is 33.1 Å². The van der Waals surface area contributed by atoms with Gasteiger partial charge in [0, 0.05) is 49.3 Å². The van der Waals surface area contributed by atoms with Gasteiger partial charge in [-0.05, 0) is 23.6 Å². The molecule has 0 spiro atoms. The number of rotatable bonds is 3. The number of carbonyl (C=O) groups excluding carboxylic acids is 1. The molecule has 28 heavy (non-hydrogen) atoms. The van der Waals surface area contributed by atoms with Gasteiger partial charge < -0.3 is 9.80 Å². The van der Waals surface area contributed by atoms with Gasteiger partial charge in [-0.1, -0.05) is 18.2 Å². The molecule has 1 saturated heterocycles. The fourth-order valence-electron chi connectivity index (χ4n) is 3.42. The first-order chi connectivity index (χ1) is 13.8. The Hall–Kier alpha value is -3.26. The van der Waals surface area contributed by atoms with E-state index in [1.165, 1.54) is 0 Å². The Kier molecular flexibility index (Phi) is 4.25. The first kappa shape index (κ1) is 16.9. The Labute approximate surface area is 165 Å². The van der Waals surface area contributed by atoms with Gasteiger partial charge in [-0.15, -0.1) is 11.3 Å². The number of hydrogen-bond donors (Lipinski definition) is 0. The van der Waals surface area contributed by atoms with Crippen LogP contribution < -0.4 is 4.90 Å². The van der Waals surface area contributed by atoms with Gasteiger partial charge in [-0.2, -0.15) is 5.10 Å². The molecule has 7 nitrogen and oxygen atoms in total. The van der Waals surface area contributed by atoms with Crippen LogP contribution in [0.5, 0.6) is 0 Å². The molecule has 4 aromatic rings. The van der Waals surface area contributed by atoms with Gasteiger partial charge in [0.05, 0.1) is 4.88 Å². The van der Waals surface area contributed by atoms with Crippen LogP contribution in [0.4, 0.5) is 5.82 Å². The molecule has 0 aliphatic carbocycles. The van der Waals surface area contributed by atoms with E-state index < -0.39 is 0 Å². The highest BCUT2D eigenvalue weighted by Gasteiger charge is 2.24. The molecular weight excluding hydrogens is 372 g/mol. The van der Waals surface area contributed by atoms with Gasteiger partial charge in [-0.3, -0.25) is 4.79 Å². The van der Waals surface area contributed by atoms with Crippen LogP contribution in [0.2, 0.25) is 0 Å². The monoisotopic (exact) mass is 390 g/mol. The molecule has 0 bridgehead atoms. The van der Waals surface area contributed by atoms with Gasteiger partial charge in [0.1, 0.15) is 12.1 Å². The van der Waals surface area contributed by atoms with Crippen LogP contribution in [0.3, 0.4) is 0 Å². The van der Waals surface area contributed by atoms with Crippen LogP contribution in [0.15, 0.2) is 61.2 Å². The average Bonchev–Trinajstić information content (AvgIpc) is 3.43. The van der Waals surface area contributed by atoms with Crippen LogP contribution in [0, 0.1) is 0 Å². The Balaban J connectivity index is 1.28. The Morgan fingerprint density at radius 2 is 1.79 bits per heavy atom. The molecule has 0 N–H and O–H groups in total. The van der Waals surface area contributed by atoms with Crippen molar-refractivity contribution in [3.63, 3.8) is 0 Å². The minimum atomic E-state index is 0.112. The largest absolute Gasteiger partial charge is 0.353 e. The van der Waals surface area contributed by atoms with Crippen LogP contribution in [-0.4, -0.2) is 56.7 Å². The van der Waals surface area contributed by atoms with E-state index in [1.807, 2.05) is 47.5 Å². The summed E-state index contributed by atoms with van der Waals surface area (Å²) in [7, 11) is 0. The van der Waals surface area contributed by atoms with Crippen LogP contribution in [-0.2, 0) is 0 Å². The minimum absolute atomic E-state index is 0.112. The van der Waals surface area contributed by atoms with Gasteiger partial charge >= 0.3 is 0 Å². The summed E-state index contributed by atoms with van der Waals surface area (Å²) in [6.07, 6.45) is 5.13. The third kappa shape index (κ3) is 3.11. The van der Waals surface area contributed by atoms with E-state index in [4.69, 9.17) is 0 Å². The summed E-state index contributed by atoms with van der Waals surface area (Å²) in [5.41, 5.74) is 0.